The van der Waals surface area contributed by atoms with Gasteiger partial charge in [-0.2, -0.15) is 4.98 Å². The molecule has 0 saturated carbocycles. The van der Waals surface area contributed by atoms with Crippen molar-refractivity contribution in [3.63, 3.8) is 0 Å². The van der Waals surface area contributed by atoms with Gasteiger partial charge in [0.1, 0.15) is 5.00 Å². The zero-order chi connectivity index (χ0) is 27.9. The zero-order valence-electron chi connectivity index (χ0n) is 22.5. The zero-order valence-corrected chi connectivity index (χ0v) is 23.3. The van der Waals surface area contributed by atoms with Crippen LogP contribution in [0.4, 0.5) is 33.6 Å². The molecule has 0 fully saturated rings. The summed E-state index contributed by atoms with van der Waals surface area (Å²) < 4.78 is 7.54. The summed E-state index contributed by atoms with van der Waals surface area (Å²) in [5.74, 6) is 1.76. The van der Waals surface area contributed by atoms with Crippen molar-refractivity contribution in [3.05, 3.63) is 146 Å². The van der Waals surface area contributed by atoms with Gasteiger partial charge >= 0.3 is 0 Å². The number of pyridine rings is 2. The number of benzene rings is 4. The number of nitrogens with zero attached hydrogens (tertiary/aromatic N) is 4. The molecule has 42 heavy (non-hydrogen) atoms. The number of thiophene rings is 1. The first-order chi connectivity index (χ1) is 20.8. The second-order valence-corrected chi connectivity index (χ2v) is 10.9. The van der Waals surface area contributed by atoms with Crippen LogP contribution in [0.2, 0.25) is 0 Å². The highest BCUT2D eigenvalue weighted by Gasteiger charge is 2.35. The maximum Gasteiger partial charge on any atom is 0.223 e. The smallest absolute Gasteiger partial charge is 0.223 e. The highest BCUT2D eigenvalue weighted by atomic mass is 32.1. The van der Waals surface area contributed by atoms with Crippen molar-refractivity contribution in [1.29, 1.82) is 0 Å². The van der Waals surface area contributed by atoms with E-state index in [0.717, 1.165) is 44.8 Å². The molecule has 0 unspecified atom stereocenters. The monoisotopic (exact) mass is 560 g/mol. The summed E-state index contributed by atoms with van der Waals surface area (Å²) >= 11 is 1.79. The number of anilines is 6. The van der Waals surface area contributed by atoms with Crippen molar-refractivity contribution >= 4 is 55.0 Å². The topological polar surface area (TPSA) is 41.5 Å². The maximum atomic E-state index is 6.32. The Morgan fingerprint density at radius 1 is 0.524 bits per heavy atom. The van der Waals surface area contributed by atoms with Gasteiger partial charge < -0.3 is 4.74 Å². The molecule has 200 valence electrons. The van der Waals surface area contributed by atoms with Crippen LogP contribution in [0.5, 0.6) is 11.8 Å². The van der Waals surface area contributed by atoms with E-state index >= 15 is 0 Å². The third-order valence-corrected chi connectivity index (χ3v) is 8.44. The van der Waals surface area contributed by atoms with E-state index < -0.39 is 0 Å². The fraction of sp³-hybridized carbons (Fsp3) is 0. The first kappa shape index (κ1) is 24.3. The van der Waals surface area contributed by atoms with E-state index in [2.05, 4.69) is 88.7 Å². The van der Waals surface area contributed by atoms with Gasteiger partial charge in [-0.15, -0.1) is 11.3 Å². The molecule has 0 bridgehead atoms. The largest absolute Gasteiger partial charge is 0.421 e. The molecule has 0 amide bonds. The average Bonchev–Trinajstić information content (AvgIpc) is 3.44. The molecule has 0 spiro atoms. The summed E-state index contributed by atoms with van der Waals surface area (Å²) in [5.41, 5.74) is 6.07. The Bertz CT molecular complexity index is 2030. The van der Waals surface area contributed by atoms with Crippen molar-refractivity contribution in [2.24, 2.45) is 0 Å². The number of ether oxygens (including phenoxy) is 1. The van der Waals surface area contributed by atoms with Crippen molar-refractivity contribution in [2.75, 3.05) is 9.80 Å². The van der Waals surface area contributed by atoms with Gasteiger partial charge in [-0.05, 0) is 42.5 Å². The van der Waals surface area contributed by atoms with Gasteiger partial charge in [-0.25, -0.2) is 4.98 Å². The number of aromatic nitrogens is 2. The van der Waals surface area contributed by atoms with Crippen molar-refractivity contribution < 1.29 is 4.74 Å². The number of fused-ring (bicyclic) bond motifs is 4. The molecular formula is C36H24N4OS. The fourth-order valence-electron chi connectivity index (χ4n) is 5.43. The van der Waals surface area contributed by atoms with E-state index in [1.807, 2.05) is 66.7 Å². The summed E-state index contributed by atoms with van der Waals surface area (Å²) in [5, 5.41) is 2.32. The quantitative estimate of drug-likeness (QED) is 0.209. The predicted octanol–water partition coefficient (Wildman–Crippen LogP) is 10.4. The molecule has 0 atom stereocenters. The number of hydrogen-bond acceptors (Lipinski definition) is 6. The number of hydrogen-bond donors (Lipinski definition) is 0. The lowest BCUT2D eigenvalue weighted by Crippen LogP contribution is -2.23. The molecule has 8 rings (SSSR count). The third kappa shape index (κ3) is 4.17. The Labute approximate surface area is 247 Å². The standard InChI is InChI=1S/C36H24N4OS/c1-4-13-25(14-5-1)29-20-12-22-32(37-29)41-33-24-23-30-35(38-33)40(27-17-8-3-9-18-27)34-28-19-10-11-21-31(28)42-36(34)39(30)26-15-6-2-7-16-26/h1-24H. The van der Waals surface area contributed by atoms with Crippen LogP contribution in [0.1, 0.15) is 0 Å². The summed E-state index contributed by atoms with van der Waals surface area (Å²) in [6.07, 6.45) is 0. The van der Waals surface area contributed by atoms with Gasteiger partial charge in [0.2, 0.25) is 11.8 Å². The SMILES string of the molecule is c1ccc(-c2cccc(Oc3ccc4c(n3)N(c3ccccc3)c3c(sc5ccccc35)N4c3ccccc3)n2)cc1. The van der Waals surface area contributed by atoms with Crippen molar-refractivity contribution in [1.82, 2.24) is 9.97 Å². The summed E-state index contributed by atoms with van der Waals surface area (Å²) in [4.78, 5) is 14.5. The molecule has 0 aliphatic carbocycles. The second kappa shape index (κ2) is 10.2. The predicted molar refractivity (Wildman–Crippen MR) is 172 cm³/mol. The molecule has 1 aliphatic heterocycles. The van der Waals surface area contributed by atoms with Gasteiger partial charge in [-0.3, -0.25) is 9.80 Å². The van der Waals surface area contributed by atoms with Crippen molar-refractivity contribution in [3.8, 4) is 23.0 Å². The lowest BCUT2D eigenvalue weighted by atomic mass is 10.1. The Morgan fingerprint density at radius 2 is 1.17 bits per heavy atom. The van der Waals surface area contributed by atoms with Crippen LogP contribution >= 0.6 is 11.3 Å². The molecule has 7 aromatic rings. The molecule has 1 aliphatic rings. The van der Waals surface area contributed by atoms with Crippen LogP contribution in [0.3, 0.4) is 0 Å². The van der Waals surface area contributed by atoms with Crippen molar-refractivity contribution in [2.45, 2.75) is 0 Å². The van der Waals surface area contributed by atoms with Crippen LogP contribution in [0.15, 0.2) is 146 Å². The van der Waals surface area contributed by atoms with Gasteiger partial charge in [0, 0.05) is 39.2 Å². The maximum absolute atomic E-state index is 6.32. The Hall–Kier alpha value is -5.46. The van der Waals surface area contributed by atoms with E-state index in [9.17, 15) is 0 Å². The lowest BCUT2D eigenvalue weighted by molar-refractivity contribution is 0.446. The molecule has 6 heteroatoms. The Balaban J connectivity index is 1.31. The van der Waals surface area contributed by atoms with E-state index in [-0.39, 0.29) is 0 Å². The van der Waals surface area contributed by atoms with Gasteiger partial charge in [0.05, 0.1) is 17.1 Å². The van der Waals surface area contributed by atoms with E-state index in [0.29, 0.717) is 11.8 Å². The molecule has 4 aromatic carbocycles. The summed E-state index contributed by atoms with van der Waals surface area (Å²) in [7, 11) is 0. The minimum atomic E-state index is 0.475. The van der Waals surface area contributed by atoms with E-state index in [1.165, 1.54) is 10.1 Å². The highest BCUT2D eigenvalue weighted by Crippen LogP contribution is 2.59. The normalized spacial score (nSPS) is 12.2. The van der Waals surface area contributed by atoms with Gasteiger partial charge in [0.25, 0.3) is 0 Å². The Morgan fingerprint density at radius 3 is 1.93 bits per heavy atom. The van der Waals surface area contributed by atoms with Crippen LogP contribution in [0.25, 0.3) is 21.3 Å². The lowest BCUT2D eigenvalue weighted by Gasteiger charge is -2.37. The molecule has 0 radical (unpaired) electrons. The number of para-hydroxylation sites is 2. The first-order valence-electron chi connectivity index (χ1n) is 13.8. The summed E-state index contributed by atoms with van der Waals surface area (Å²) in [6, 6.07) is 49.4. The molecule has 3 aromatic heterocycles. The minimum Gasteiger partial charge on any atom is -0.421 e. The highest BCUT2D eigenvalue weighted by molar-refractivity contribution is 7.24. The van der Waals surface area contributed by atoms with Gasteiger partial charge in [-0.1, -0.05) is 91.0 Å². The third-order valence-electron chi connectivity index (χ3n) is 7.29. The first-order valence-corrected chi connectivity index (χ1v) is 14.6. The van der Waals surface area contributed by atoms with Crippen LogP contribution in [0, 0.1) is 0 Å². The van der Waals surface area contributed by atoms with E-state index in [1.54, 1.807) is 11.3 Å². The molecule has 5 nitrogen and oxygen atoms in total. The molecular weight excluding hydrogens is 536 g/mol. The average molecular weight is 561 g/mol. The summed E-state index contributed by atoms with van der Waals surface area (Å²) in [6.45, 7) is 0. The Kier molecular flexibility index (Phi) is 5.90. The minimum absolute atomic E-state index is 0.475. The van der Waals surface area contributed by atoms with E-state index in [4.69, 9.17) is 14.7 Å². The molecule has 0 saturated heterocycles. The molecule has 0 N–H and O–H groups in total. The second-order valence-electron chi connectivity index (χ2n) is 9.92. The van der Waals surface area contributed by atoms with Gasteiger partial charge in [0.15, 0.2) is 5.82 Å². The van der Waals surface area contributed by atoms with Crippen LogP contribution < -0.4 is 14.5 Å². The van der Waals surface area contributed by atoms with Crippen LogP contribution in [-0.4, -0.2) is 9.97 Å². The van der Waals surface area contributed by atoms with Crippen LogP contribution in [-0.2, 0) is 0 Å². The molecule has 4 heterocycles. The fourth-order valence-corrected chi connectivity index (χ4v) is 6.65. The number of rotatable bonds is 5.